The third-order valence-corrected chi connectivity index (χ3v) is 7.38. The SMILES string of the molecule is CCC(c1cccc(NS(=O)(=O)c2ccc(C#N)cn2)c1)c1c(O)c2c(oc1=O)CCCCC2. The quantitative estimate of drug-likeness (QED) is 0.506. The van der Waals surface area contributed by atoms with E-state index in [1.807, 2.05) is 13.0 Å². The molecule has 176 valence electrons. The lowest BCUT2D eigenvalue weighted by Crippen LogP contribution is -2.17. The highest BCUT2D eigenvalue weighted by atomic mass is 32.2. The summed E-state index contributed by atoms with van der Waals surface area (Å²) in [6.45, 7) is 1.90. The summed E-state index contributed by atoms with van der Waals surface area (Å²) in [5, 5.41) is 19.7. The summed E-state index contributed by atoms with van der Waals surface area (Å²) in [5.74, 6) is 0.0880. The summed E-state index contributed by atoms with van der Waals surface area (Å²) in [5.41, 5.74) is 1.57. The standard InChI is InChI=1S/C25H25N3O5S/c1-2-19(23-24(29)20-9-4-3-5-10-21(20)33-25(23)30)17-7-6-8-18(13-17)28-34(31,32)22-12-11-16(14-26)15-27-22/h6-8,11-13,15,19,28-29H,2-5,9-10H2,1H3. The van der Waals surface area contributed by atoms with Crippen LogP contribution in [0.25, 0.3) is 0 Å². The van der Waals surface area contributed by atoms with Gasteiger partial charge < -0.3 is 9.52 Å². The molecule has 2 aromatic heterocycles. The van der Waals surface area contributed by atoms with E-state index in [9.17, 15) is 18.3 Å². The van der Waals surface area contributed by atoms with Crippen molar-refractivity contribution in [1.82, 2.24) is 4.98 Å². The Hall–Kier alpha value is -3.64. The molecule has 34 heavy (non-hydrogen) atoms. The zero-order valence-corrected chi connectivity index (χ0v) is 19.6. The monoisotopic (exact) mass is 479 g/mol. The van der Waals surface area contributed by atoms with Gasteiger partial charge >= 0.3 is 5.63 Å². The molecule has 0 bridgehead atoms. The van der Waals surface area contributed by atoms with Crippen molar-refractivity contribution in [3.8, 4) is 11.8 Å². The molecular formula is C25H25N3O5S. The first kappa shape index (κ1) is 23.5. The zero-order valence-electron chi connectivity index (χ0n) is 18.7. The van der Waals surface area contributed by atoms with Crippen molar-refractivity contribution in [2.45, 2.75) is 56.4 Å². The number of aromatic hydroxyl groups is 1. The summed E-state index contributed by atoms with van der Waals surface area (Å²) in [6, 6.07) is 11.2. The molecule has 1 aliphatic rings. The molecule has 9 heteroatoms. The van der Waals surface area contributed by atoms with Gasteiger partial charge in [0.25, 0.3) is 10.0 Å². The molecule has 0 aliphatic heterocycles. The number of nitrogens with zero attached hydrogens (tertiary/aromatic N) is 2. The molecule has 0 amide bonds. The molecule has 1 atom stereocenters. The van der Waals surface area contributed by atoms with Gasteiger partial charge in [0.1, 0.15) is 17.6 Å². The van der Waals surface area contributed by atoms with Crippen LogP contribution in [0.3, 0.4) is 0 Å². The van der Waals surface area contributed by atoms with Crippen LogP contribution in [-0.4, -0.2) is 18.5 Å². The second-order valence-electron chi connectivity index (χ2n) is 8.30. The molecule has 2 heterocycles. The number of hydrogen-bond acceptors (Lipinski definition) is 7. The van der Waals surface area contributed by atoms with Gasteiger partial charge in [-0.1, -0.05) is 25.5 Å². The van der Waals surface area contributed by atoms with Crippen LogP contribution in [0.2, 0.25) is 0 Å². The Morgan fingerprint density at radius 1 is 1.21 bits per heavy atom. The predicted octanol–water partition coefficient (Wildman–Crippen LogP) is 4.22. The van der Waals surface area contributed by atoms with E-state index in [0.29, 0.717) is 41.8 Å². The number of pyridine rings is 1. The summed E-state index contributed by atoms with van der Waals surface area (Å²) >= 11 is 0. The van der Waals surface area contributed by atoms with E-state index in [1.165, 1.54) is 18.3 Å². The van der Waals surface area contributed by atoms with Gasteiger partial charge in [-0.25, -0.2) is 9.78 Å². The summed E-state index contributed by atoms with van der Waals surface area (Å²) < 4.78 is 33.6. The average Bonchev–Trinajstić information content (AvgIpc) is 3.07. The van der Waals surface area contributed by atoms with Crippen LogP contribution in [0.15, 0.2) is 56.8 Å². The van der Waals surface area contributed by atoms with Crippen LogP contribution in [0.1, 0.15) is 66.5 Å². The van der Waals surface area contributed by atoms with Gasteiger partial charge in [-0.15, -0.1) is 0 Å². The number of aromatic nitrogens is 1. The second-order valence-corrected chi connectivity index (χ2v) is 9.93. The molecular weight excluding hydrogens is 454 g/mol. The number of rotatable bonds is 6. The minimum Gasteiger partial charge on any atom is -0.507 e. The molecule has 1 aliphatic carbocycles. The van der Waals surface area contributed by atoms with Gasteiger partial charge in [0, 0.05) is 29.8 Å². The van der Waals surface area contributed by atoms with Gasteiger partial charge in [-0.2, -0.15) is 13.7 Å². The second kappa shape index (κ2) is 9.69. The molecule has 3 aromatic rings. The highest BCUT2D eigenvalue weighted by Crippen LogP contribution is 2.37. The number of benzene rings is 1. The minimum atomic E-state index is -3.98. The van der Waals surface area contributed by atoms with E-state index < -0.39 is 21.6 Å². The molecule has 0 fully saturated rings. The normalized spacial score (nSPS) is 14.5. The van der Waals surface area contributed by atoms with Crippen LogP contribution in [0.4, 0.5) is 5.69 Å². The van der Waals surface area contributed by atoms with Crippen molar-refractivity contribution in [3.63, 3.8) is 0 Å². The number of sulfonamides is 1. The third-order valence-electron chi connectivity index (χ3n) is 6.08. The summed E-state index contributed by atoms with van der Waals surface area (Å²) in [7, 11) is -3.98. The van der Waals surface area contributed by atoms with Crippen molar-refractivity contribution in [2.24, 2.45) is 0 Å². The van der Waals surface area contributed by atoms with Gasteiger partial charge in [-0.3, -0.25) is 4.72 Å². The topological polar surface area (TPSA) is 133 Å². The van der Waals surface area contributed by atoms with Crippen LogP contribution in [0.5, 0.6) is 5.75 Å². The molecule has 0 saturated heterocycles. The molecule has 8 nitrogen and oxygen atoms in total. The maximum atomic E-state index is 12.9. The number of fused-ring (bicyclic) bond motifs is 1. The van der Waals surface area contributed by atoms with Crippen LogP contribution < -0.4 is 10.3 Å². The fraction of sp³-hybridized carbons (Fsp3) is 0.320. The van der Waals surface area contributed by atoms with Crippen molar-refractivity contribution in [1.29, 1.82) is 5.26 Å². The average molecular weight is 480 g/mol. The number of nitriles is 1. The Kier molecular flexibility index (Phi) is 6.70. The van der Waals surface area contributed by atoms with Crippen molar-refractivity contribution >= 4 is 15.7 Å². The van der Waals surface area contributed by atoms with Gasteiger partial charge in [0.2, 0.25) is 0 Å². The third kappa shape index (κ3) is 4.68. The van der Waals surface area contributed by atoms with Crippen molar-refractivity contribution < 1.29 is 17.9 Å². The van der Waals surface area contributed by atoms with Gasteiger partial charge in [0.15, 0.2) is 5.03 Å². The van der Waals surface area contributed by atoms with E-state index in [0.717, 1.165) is 19.3 Å². The molecule has 2 N–H and O–H groups in total. The fourth-order valence-electron chi connectivity index (χ4n) is 4.39. The largest absolute Gasteiger partial charge is 0.507 e. The zero-order chi connectivity index (χ0) is 24.3. The van der Waals surface area contributed by atoms with Gasteiger partial charge in [0.05, 0.1) is 11.1 Å². The molecule has 1 unspecified atom stereocenters. The van der Waals surface area contributed by atoms with Gasteiger partial charge in [-0.05, 0) is 55.5 Å². The summed E-state index contributed by atoms with van der Waals surface area (Å²) in [4.78, 5) is 16.7. The van der Waals surface area contributed by atoms with E-state index >= 15 is 0 Å². The molecule has 0 saturated carbocycles. The molecule has 1 aromatic carbocycles. The van der Waals surface area contributed by atoms with Crippen molar-refractivity contribution in [3.05, 3.63) is 81.0 Å². The molecule has 0 radical (unpaired) electrons. The fourth-order valence-corrected chi connectivity index (χ4v) is 5.37. The summed E-state index contributed by atoms with van der Waals surface area (Å²) in [6.07, 6.45) is 5.85. The first-order chi connectivity index (χ1) is 16.3. The first-order valence-electron chi connectivity index (χ1n) is 11.2. The highest BCUT2D eigenvalue weighted by molar-refractivity contribution is 7.92. The first-order valence-corrected chi connectivity index (χ1v) is 12.7. The van der Waals surface area contributed by atoms with E-state index in [2.05, 4.69) is 9.71 Å². The lowest BCUT2D eigenvalue weighted by Gasteiger charge is -2.19. The number of hydrogen-bond donors (Lipinski definition) is 2. The smallest absolute Gasteiger partial charge is 0.343 e. The Morgan fingerprint density at radius 2 is 2.00 bits per heavy atom. The lowest BCUT2D eigenvalue weighted by atomic mass is 9.88. The van der Waals surface area contributed by atoms with E-state index in [1.54, 1.807) is 24.3 Å². The number of anilines is 1. The van der Waals surface area contributed by atoms with Crippen LogP contribution >= 0.6 is 0 Å². The highest BCUT2D eigenvalue weighted by Gasteiger charge is 2.27. The minimum absolute atomic E-state index is 0.00670. The maximum absolute atomic E-state index is 12.9. The Balaban J connectivity index is 1.68. The van der Waals surface area contributed by atoms with Crippen molar-refractivity contribution in [2.75, 3.05) is 4.72 Å². The van der Waals surface area contributed by atoms with Crippen LogP contribution in [-0.2, 0) is 22.9 Å². The van der Waals surface area contributed by atoms with E-state index in [-0.39, 0.29) is 21.9 Å². The lowest BCUT2D eigenvalue weighted by molar-refractivity contribution is 0.398. The Labute approximate surface area is 198 Å². The van der Waals surface area contributed by atoms with Crippen LogP contribution in [0, 0.1) is 11.3 Å². The van der Waals surface area contributed by atoms with E-state index in [4.69, 9.17) is 9.68 Å². The Morgan fingerprint density at radius 3 is 2.71 bits per heavy atom. The Bertz CT molecular complexity index is 1410. The maximum Gasteiger partial charge on any atom is 0.343 e. The molecule has 0 spiro atoms. The predicted molar refractivity (Wildman–Crippen MR) is 126 cm³/mol. The number of nitrogens with one attached hydrogen (secondary N) is 1. The number of aryl methyl sites for hydroxylation is 1. The molecule has 4 rings (SSSR count).